The molecular formula is C118H128N12O18. The molecule has 0 radical (unpaired) electrons. The Morgan fingerprint density at radius 1 is 0.250 bits per heavy atom. The van der Waals surface area contributed by atoms with Gasteiger partial charge in [0.15, 0.2) is 74.9 Å². The van der Waals surface area contributed by atoms with Crippen molar-refractivity contribution >= 4 is 131 Å². The van der Waals surface area contributed by atoms with Crippen molar-refractivity contribution in [1.29, 1.82) is 0 Å². The van der Waals surface area contributed by atoms with Crippen LogP contribution in [-0.2, 0) is 106 Å². The highest BCUT2D eigenvalue weighted by molar-refractivity contribution is 6.11. The van der Waals surface area contributed by atoms with Crippen LogP contribution in [0.1, 0.15) is 201 Å². The number of fused-ring (bicyclic) bond motifs is 12. The number of nitrogens with zero attached hydrogens (tertiary/aromatic N) is 12. The van der Waals surface area contributed by atoms with Gasteiger partial charge in [0.05, 0.1) is 66.2 Å². The minimum absolute atomic E-state index is 0.000788. The van der Waals surface area contributed by atoms with Crippen LogP contribution in [-0.4, -0.2) is 54.8 Å². The molecule has 6 aromatic carbocycles. The lowest BCUT2D eigenvalue weighted by atomic mass is 9.95. The van der Waals surface area contributed by atoms with Gasteiger partial charge in [-0.25, -0.2) is 0 Å². The van der Waals surface area contributed by atoms with E-state index in [4.69, 9.17) is 28.4 Å². The van der Waals surface area contributed by atoms with Crippen molar-refractivity contribution in [3.8, 4) is 34.5 Å². The van der Waals surface area contributed by atoms with Crippen molar-refractivity contribution in [2.24, 2.45) is 25.4 Å². The number of aromatic nitrogens is 12. The van der Waals surface area contributed by atoms with Crippen LogP contribution < -0.4 is 95.1 Å². The molecule has 18 aromatic rings. The zero-order valence-corrected chi connectivity index (χ0v) is 88.4. The van der Waals surface area contributed by atoms with Crippen LogP contribution in [0.4, 0.5) is 0 Å². The second-order valence-corrected chi connectivity index (χ2v) is 42.1. The van der Waals surface area contributed by atoms with Crippen LogP contribution in [0.25, 0.3) is 131 Å². The van der Waals surface area contributed by atoms with Crippen molar-refractivity contribution < 1.29 is 28.4 Å². The third kappa shape index (κ3) is 17.3. The molecule has 0 saturated heterocycles. The van der Waals surface area contributed by atoms with E-state index in [9.17, 15) is 57.5 Å². The Morgan fingerprint density at radius 3 is 0.797 bits per heavy atom. The highest BCUT2D eigenvalue weighted by atomic mass is 16.5. The van der Waals surface area contributed by atoms with Crippen molar-refractivity contribution in [3.63, 3.8) is 0 Å². The smallest absolute Gasteiger partial charge is 0.254 e. The lowest BCUT2D eigenvalue weighted by Crippen LogP contribution is -2.27. The topological polar surface area (TPSA) is 319 Å². The van der Waals surface area contributed by atoms with Gasteiger partial charge in [-0.1, -0.05) is 121 Å². The third-order valence-corrected chi connectivity index (χ3v) is 30.0. The van der Waals surface area contributed by atoms with E-state index in [0.29, 0.717) is 66.6 Å². The summed E-state index contributed by atoms with van der Waals surface area (Å²) in [6.45, 7) is 42.5. The van der Waals surface area contributed by atoms with E-state index in [-0.39, 0.29) is 113 Å². The zero-order valence-electron chi connectivity index (χ0n) is 88.4. The molecule has 30 heteroatoms. The fourth-order valence-electron chi connectivity index (χ4n) is 22.6. The number of aryl methyl sites for hydroxylation is 16. The van der Waals surface area contributed by atoms with Crippen LogP contribution in [0.2, 0.25) is 0 Å². The molecule has 18 heterocycles. The molecule has 0 aliphatic carbocycles. The first-order chi connectivity index (χ1) is 70.7. The summed E-state index contributed by atoms with van der Waals surface area (Å²) < 4.78 is 55.8. The fraction of sp³-hybridized carbons (Fsp3) is 0.390. The van der Waals surface area contributed by atoms with Crippen molar-refractivity contribution in [1.82, 2.24) is 54.8 Å². The summed E-state index contributed by atoms with van der Waals surface area (Å²) in [5.41, 5.74) is 20.7. The second kappa shape index (κ2) is 39.5. The monoisotopic (exact) mass is 2000 g/mol. The van der Waals surface area contributed by atoms with Crippen molar-refractivity contribution in [3.05, 3.63) is 300 Å². The molecule has 24 rings (SSSR count). The maximum Gasteiger partial charge on any atom is 0.254 e. The van der Waals surface area contributed by atoms with E-state index in [2.05, 4.69) is 98.7 Å². The van der Waals surface area contributed by atoms with Crippen molar-refractivity contribution in [2.75, 3.05) is 0 Å². The quantitative estimate of drug-likeness (QED) is 0.0569. The van der Waals surface area contributed by atoms with Gasteiger partial charge in [0.2, 0.25) is 0 Å². The molecule has 768 valence electrons. The van der Waals surface area contributed by atoms with Crippen LogP contribution in [0.3, 0.4) is 0 Å². The maximum absolute atomic E-state index is 12.7. The Balaban J connectivity index is 0.000000112. The van der Waals surface area contributed by atoms with Gasteiger partial charge >= 0.3 is 0 Å². The maximum atomic E-state index is 12.7. The molecule has 148 heavy (non-hydrogen) atoms. The predicted molar refractivity (Wildman–Crippen MR) is 588 cm³/mol. The van der Waals surface area contributed by atoms with Crippen molar-refractivity contribution in [2.45, 2.75) is 282 Å². The molecule has 6 aliphatic rings. The van der Waals surface area contributed by atoms with Crippen LogP contribution in [0, 0.1) is 66.7 Å². The second-order valence-electron chi connectivity index (χ2n) is 42.1. The van der Waals surface area contributed by atoms with E-state index in [1.165, 1.54) is 6.42 Å². The molecule has 12 aromatic heterocycles. The Kier molecular flexibility index (Phi) is 27.0. The fourth-order valence-corrected chi connectivity index (χ4v) is 22.6. The Labute approximate surface area is 850 Å². The largest absolute Gasteiger partial charge is 0.468 e. The molecule has 30 nitrogen and oxygen atoms in total. The standard InChI is InChI=1S/C21H24N2O3.3C20H22N2O3.C19H20N2O3.C18H18N2O3/c1-4-5-6-7-8-22-17(24)9-13(2)15-11-16-14(3)10-18(25)23-12-26-21(19(15)22)20(16)23;1-11-6-15(23)21(9-20(3,4)5)17-13(11)8-14-12(2)7-16(24)22-10-25-19(17)18(14)22;1-4-5-6-7-21-16(23)8-12(2)14-10-15-13(3)9-17(24)22-11-25-20(18(14)21)19(15)22;1-4-6-12-8-16(23)21(3)18-14(12)10-15-13(7-5-2)9-17(24)22-11-25-20(18)19(15)22;1-10(2)8-20-15(22)5-11(3)13-7-14-12(4)6-16(23)21-9-24-19(17(13)20)18(14)21;1-4-10-6-14(21)19(3)16-12(10)8-13-11(5-2)7-15(22)20-9-23-18(16)17(13)20/h9-11H,4-8,12H2,1-3H3;6-8H,9-10H2,1-5H3;2*8-10H,4-7,11H2,1-3H3;5-7,10H,8-9H2,1-4H3;6-8H,4-5,9H2,1-3H3. The van der Waals surface area contributed by atoms with E-state index in [1.54, 1.807) is 133 Å². The van der Waals surface area contributed by atoms with Gasteiger partial charge in [-0.2, -0.15) is 0 Å². The lowest BCUT2D eigenvalue weighted by molar-refractivity contribution is 0.267. The van der Waals surface area contributed by atoms with Gasteiger partial charge in [0, 0.05) is 178 Å². The Hall–Kier alpha value is -15.4. The highest BCUT2D eigenvalue weighted by Crippen LogP contribution is 2.47. The number of rotatable bonds is 18. The number of unbranched alkanes of at least 4 members (excludes halogenated alkanes) is 5. The first kappa shape index (κ1) is 101. The molecule has 0 amide bonds. The van der Waals surface area contributed by atoms with E-state index < -0.39 is 0 Å². The molecular weight excluding hydrogens is 1870 g/mol. The summed E-state index contributed by atoms with van der Waals surface area (Å²) in [4.78, 5) is 149. The summed E-state index contributed by atoms with van der Waals surface area (Å²) in [5, 5.41) is 12.3. The van der Waals surface area contributed by atoms with Gasteiger partial charge in [-0.3, -0.25) is 84.9 Å². The minimum atomic E-state index is -0.0690. The molecule has 0 unspecified atom stereocenters. The summed E-state index contributed by atoms with van der Waals surface area (Å²) >= 11 is 0. The summed E-state index contributed by atoms with van der Waals surface area (Å²) in [6.07, 6.45) is 12.7. The molecule has 0 bridgehead atoms. The van der Waals surface area contributed by atoms with Gasteiger partial charge < -0.3 is 55.8 Å². The first-order valence-electron chi connectivity index (χ1n) is 51.8. The lowest BCUT2D eigenvalue weighted by Gasteiger charge is -2.23. The third-order valence-electron chi connectivity index (χ3n) is 30.0. The number of hydrogen-bond acceptors (Lipinski definition) is 18. The molecule has 6 aliphatic heterocycles. The van der Waals surface area contributed by atoms with E-state index >= 15 is 0 Å². The van der Waals surface area contributed by atoms with Gasteiger partial charge in [-0.15, -0.1) is 0 Å². The molecule has 0 fully saturated rings. The summed E-state index contributed by atoms with van der Waals surface area (Å²) in [6, 6.07) is 32.9. The molecule has 0 saturated carbocycles. The van der Waals surface area contributed by atoms with Crippen LogP contribution >= 0.6 is 0 Å². The Morgan fingerprint density at radius 2 is 0.480 bits per heavy atom. The molecule has 0 atom stereocenters. The first-order valence-corrected chi connectivity index (χ1v) is 51.8. The average molecular weight is 2000 g/mol. The SMILES string of the molecule is CCCCCCn1c(=O)cc(C)c2cc3c(C)cc(=O)n4c3c(c21)OC4.CCCCCn1c(=O)cc(C)c2cc3c(C)cc(=O)n4c3c(c21)OC4.CCCc1cc(=O)n(C)c2c3c4c(cc12)c(CCC)cc(=O)n4CO3.CCc1cc(=O)n(C)c2c3c4c(cc12)c(CC)cc(=O)n4CO3.Cc1cc(=O)n2c3c(c4c(cc13)c(C)cc(=O)n4CC(C)(C)C)OC2.Cc1cc(=O)n2c3c(c4c(cc13)c(C)cc(=O)n4CC(C)C)OC2. The molecule has 0 spiro atoms. The molecule has 0 N–H and O–H groups in total. The van der Waals surface area contributed by atoms with Crippen LogP contribution in [0.5, 0.6) is 34.5 Å². The predicted octanol–water partition coefficient (Wildman–Crippen LogP) is 19.0. The van der Waals surface area contributed by atoms with Gasteiger partial charge in [0.1, 0.15) is 0 Å². The van der Waals surface area contributed by atoms with Gasteiger partial charge in [0.25, 0.3) is 66.7 Å². The number of pyridine rings is 12. The average Bonchev–Trinajstić information content (AvgIpc) is 1.29. The van der Waals surface area contributed by atoms with E-state index in [1.807, 2.05) is 78.4 Å². The number of ether oxygens (including phenoxy) is 6. The summed E-state index contributed by atoms with van der Waals surface area (Å²) in [5.74, 6) is 4.31. The minimum Gasteiger partial charge on any atom is -0.468 e. The Bertz CT molecular complexity index is 9570. The normalized spacial score (nSPS) is 13.1. The highest BCUT2D eigenvalue weighted by Gasteiger charge is 2.34. The number of hydrogen-bond donors (Lipinski definition) is 0. The summed E-state index contributed by atoms with van der Waals surface area (Å²) in [7, 11) is 3.52. The van der Waals surface area contributed by atoms with Gasteiger partial charge in [-0.05, 0) is 208 Å². The zero-order chi connectivity index (χ0) is 105. The van der Waals surface area contributed by atoms with E-state index in [0.717, 1.165) is 275 Å². The number of benzene rings is 6. The van der Waals surface area contributed by atoms with Crippen LogP contribution in [0.15, 0.2) is 167 Å².